The van der Waals surface area contributed by atoms with Crippen molar-refractivity contribution in [2.45, 2.75) is 37.7 Å². The number of alkyl halides is 6. The second-order valence-electron chi connectivity index (χ2n) is 8.13. The fourth-order valence-electron chi connectivity index (χ4n) is 4.11. The molecule has 3 unspecified atom stereocenters. The van der Waals surface area contributed by atoms with Crippen LogP contribution in [0.25, 0.3) is 0 Å². The minimum Gasteiger partial charge on any atom is -0.497 e. The Labute approximate surface area is 203 Å². The summed E-state index contributed by atoms with van der Waals surface area (Å²) in [4.78, 5) is 25.4. The normalized spacial score (nSPS) is 18.6. The molecule has 3 atom stereocenters. The van der Waals surface area contributed by atoms with Gasteiger partial charge in [0, 0.05) is 6.04 Å². The summed E-state index contributed by atoms with van der Waals surface area (Å²) in [7, 11) is 1.46. The lowest BCUT2D eigenvalue weighted by molar-refractivity contribution is -0.146. The lowest BCUT2D eigenvalue weighted by Gasteiger charge is -2.23. The van der Waals surface area contributed by atoms with Crippen LogP contribution in [-0.2, 0) is 21.9 Å². The van der Waals surface area contributed by atoms with Crippen molar-refractivity contribution in [3.8, 4) is 5.75 Å². The summed E-state index contributed by atoms with van der Waals surface area (Å²) in [6, 6.07) is 6.61. The van der Waals surface area contributed by atoms with E-state index in [9.17, 15) is 35.9 Å². The summed E-state index contributed by atoms with van der Waals surface area (Å²) in [5, 5.41) is 2.35. The van der Waals surface area contributed by atoms with Crippen LogP contribution >= 0.6 is 0 Å². The topological polar surface area (TPSA) is 64.6 Å². The number of amides is 1. The highest BCUT2D eigenvalue weighted by Gasteiger charge is 2.40. The molecule has 1 aliphatic rings. The van der Waals surface area contributed by atoms with Gasteiger partial charge < -0.3 is 14.8 Å². The van der Waals surface area contributed by atoms with Gasteiger partial charge in [-0.05, 0) is 55.2 Å². The number of benzene rings is 2. The van der Waals surface area contributed by atoms with Gasteiger partial charge in [0.1, 0.15) is 5.75 Å². The molecule has 1 aliphatic carbocycles. The van der Waals surface area contributed by atoms with E-state index in [1.54, 1.807) is 37.3 Å². The van der Waals surface area contributed by atoms with Crippen LogP contribution in [-0.4, -0.2) is 31.6 Å². The summed E-state index contributed by atoms with van der Waals surface area (Å²) in [5.41, 5.74) is -3.41. The van der Waals surface area contributed by atoms with E-state index < -0.39 is 58.8 Å². The van der Waals surface area contributed by atoms with Gasteiger partial charge in [-0.25, -0.2) is 0 Å². The highest BCUT2D eigenvalue weighted by Crippen LogP contribution is 2.38. The first-order valence-corrected chi connectivity index (χ1v) is 10.9. The van der Waals surface area contributed by atoms with Gasteiger partial charge in [0.25, 0.3) is 5.91 Å². The van der Waals surface area contributed by atoms with E-state index in [0.29, 0.717) is 11.3 Å². The van der Waals surface area contributed by atoms with Gasteiger partial charge in [0.05, 0.1) is 36.3 Å². The van der Waals surface area contributed by atoms with Crippen LogP contribution in [0.1, 0.15) is 46.3 Å². The zero-order chi connectivity index (χ0) is 26.7. The van der Waals surface area contributed by atoms with Crippen LogP contribution in [0.4, 0.5) is 26.3 Å². The van der Waals surface area contributed by atoms with Crippen LogP contribution < -0.4 is 10.1 Å². The minimum atomic E-state index is -5.04. The van der Waals surface area contributed by atoms with Crippen molar-refractivity contribution >= 4 is 11.9 Å². The summed E-state index contributed by atoms with van der Waals surface area (Å²) >= 11 is 0. The second-order valence-corrected chi connectivity index (χ2v) is 8.13. The number of nitrogens with one attached hydrogen (secondary N) is 1. The first-order chi connectivity index (χ1) is 16.8. The van der Waals surface area contributed by atoms with E-state index in [2.05, 4.69) is 5.32 Å². The number of rotatable bonds is 7. The Morgan fingerprint density at radius 3 is 2.36 bits per heavy atom. The van der Waals surface area contributed by atoms with Crippen LogP contribution in [0.3, 0.4) is 0 Å². The zero-order valence-electron chi connectivity index (χ0n) is 19.2. The molecule has 0 aromatic heterocycles. The summed E-state index contributed by atoms with van der Waals surface area (Å²) < 4.78 is 89.8. The zero-order valence-corrected chi connectivity index (χ0v) is 19.2. The van der Waals surface area contributed by atoms with E-state index in [-0.39, 0.29) is 31.2 Å². The summed E-state index contributed by atoms with van der Waals surface area (Å²) in [6.45, 7) is 1.76. The number of halogens is 6. The van der Waals surface area contributed by atoms with Crippen LogP contribution in [0.5, 0.6) is 5.75 Å². The highest BCUT2D eigenvalue weighted by atomic mass is 19.4. The number of carbonyl (C=O) groups is 2. The quantitative estimate of drug-likeness (QED) is 0.290. The molecule has 194 valence electrons. The molecule has 36 heavy (non-hydrogen) atoms. The molecule has 0 radical (unpaired) electrons. The number of methoxy groups -OCH3 is 1. The molecule has 0 fully saturated rings. The second kappa shape index (κ2) is 10.6. The van der Waals surface area contributed by atoms with E-state index in [4.69, 9.17) is 9.47 Å². The van der Waals surface area contributed by atoms with Crippen LogP contribution in [0.15, 0.2) is 54.6 Å². The molecule has 0 saturated heterocycles. The monoisotopic (exact) mass is 515 g/mol. The maximum Gasteiger partial charge on any atom is 0.417 e. The molecule has 1 N–H and O–H groups in total. The summed E-state index contributed by atoms with van der Waals surface area (Å²) in [5.74, 6) is -2.64. The third kappa shape index (κ3) is 6.19. The third-order valence-corrected chi connectivity index (χ3v) is 5.75. The molecule has 3 rings (SSSR count). The minimum absolute atomic E-state index is 0.117. The van der Waals surface area contributed by atoms with Gasteiger partial charge in [0.15, 0.2) is 0 Å². The molecule has 0 heterocycles. The van der Waals surface area contributed by atoms with Crippen molar-refractivity contribution in [3.05, 3.63) is 76.9 Å². The molecule has 1 amide bonds. The van der Waals surface area contributed by atoms with Gasteiger partial charge in [-0.15, -0.1) is 0 Å². The van der Waals surface area contributed by atoms with Crippen LogP contribution in [0, 0.1) is 5.92 Å². The van der Waals surface area contributed by atoms with Crippen molar-refractivity contribution in [2.75, 3.05) is 13.7 Å². The molecule has 0 saturated carbocycles. The Morgan fingerprint density at radius 1 is 1.03 bits per heavy atom. The first-order valence-electron chi connectivity index (χ1n) is 10.9. The van der Waals surface area contributed by atoms with E-state index >= 15 is 0 Å². The number of hydrogen-bond acceptors (Lipinski definition) is 4. The Bertz CT molecular complexity index is 1140. The lowest BCUT2D eigenvalue weighted by atomic mass is 9.85. The Hall–Kier alpha value is -3.50. The predicted molar refractivity (Wildman–Crippen MR) is 117 cm³/mol. The SMILES string of the molecule is CCOC(=O)C(c1cccc(OC)c1)C1C=CC(NC(=O)c2cc(C(F)(F)F)ccc2C(F)(F)F)C1. The molecule has 0 aliphatic heterocycles. The van der Waals surface area contributed by atoms with E-state index in [1.807, 2.05) is 0 Å². The molecule has 11 heteroatoms. The largest absolute Gasteiger partial charge is 0.497 e. The van der Waals surface area contributed by atoms with Gasteiger partial charge >= 0.3 is 18.3 Å². The number of carbonyl (C=O) groups excluding carboxylic acids is 2. The van der Waals surface area contributed by atoms with Gasteiger partial charge in [0.2, 0.25) is 0 Å². The standard InChI is InChI=1S/C25H23F6NO4/c1-3-36-23(34)21(14-5-4-6-18(12-14)35-2)15-7-9-17(11-15)32-22(33)19-13-16(24(26,27)28)8-10-20(19)25(29,30)31/h4-10,12-13,15,17,21H,3,11H2,1-2H3,(H,32,33). The lowest BCUT2D eigenvalue weighted by Crippen LogP contribution is -2.35. The van der Waals surface area contributed by atoms with Crippen molar-refractivity contribution in [2.24, 2.45) is 5.92 Å². The first kappa shape index (κ1) is 27.1. The predicted octanol–water partition coefficient (Wildman–Crippen LogP) is 5.75. The van der Waals surface area contributed by atoms with Crippen LogP contribution in [0.2, 0.25) is 0 Å². The maximum atomic E-state index is 13.4. The maximum absolute atomic E-state index is 13.4. The fourth-order valence-corrected chi connectivity index (χ4v) is 4.11. The Kier molecular flexibility index (Phi) is 8.00. The average molecular weight is 515 g/mol. The summed E-state index contributed by atoms with van der Waals surface area (Å²) in [6.07, 6.45) is -6.72. The average Bonchev–Trinajstić information content (AvgIpc) is 3.25. The molecule has 5 nitrogen and oxygen atoms in total. The van der Waals surface area contributed by atoms with Gasteiger partial charge in [-0.3, -0.25) is 9.59 Å². The van der Waals surface area contributed by atoms with Crippen molar-refractivity contribution in [3.63, 3.8) is 0 Å². The molecule has 2 aromatic carbocycles. The molecule has 2 aromatic rings. The third-order valence-electron chi connectivity index (χ3n) is 5.75. The van der Waals surface area contributed by atoms with Crippen molar-refractivity contribution in [1.29, 1.82) is 0 Å². The molecular formula is C25H23F6NO4. The molecule has 0 bridgehead atoms. The highest BCUT2D eigenvalue weighted by molar-refractivity contribution is 5.96. The number of ether oxygens (including phenoxy) is 2. The van der Waals surface area contributed by atoms with Gasteiger partial charge in [-0.1, -0.05) is 24.3 Å². The van der Waals surface area contributed by atoms with E-state index in [1.165, 1.54) is 13.2 Å². The number of esters is 1. The van der Waals surface area contributed by atoms with Crippen molar-refractivity contribution in [1.82, 2.24) is 5.32 Å². The number of allylic oxidation sites excluding steroid dienone is 1. The van der Waals surface area contributed by atoms with Crippen molar-refractivity contribution < 1.29 is 45.4 Å². The fraction of sp³-hybridized carbons (Fsp3) is 0.360. The Balaban J connectivity index is 1.84. The Morgan fingerprint density at radius 2 is 1.75 bits per heavy atom. The molecular weight excluding hydrogens is 492 g/mol. The van der Waals surface area contributed by atoms with Gasteiger partial charge in [-0.2, -0.15) is 26.3 Å². The molecule has 0 spiro atoms. The van der Waals surface area contributed by atoms with E-state index in [0.717, 1.165) is 0 Å². The smallest absolute Gasteiger partial charge is 0.417 e. The number of hydrogen-bond donors (Lipinski definition) is 1.